The third-order valence-corrected chi connectivity index (χ3v) is 11.3. The summed E-state index contributed by atoms with van der Waals surface area (Å²) in [5, 5.41) is 4.33. The van der Waals surface area contributed by atoms with Crippen molar-refractivity contribution in [3.8, 4) is 22.6 Å². The van der Waals surface area contributed by atoms with Crippen molar-refractivity contribution >= 4 is 60.9 Å². The van der Waals surface area contributed by atoms with E-state index in [-0.39, 0.29) is 0 Å². The van der Waals surface area contributed by atoms with Crippen LogP contribution in [0, 0.1) is 0 Å². The van der Waals surface area contributed by atoms with Gasteiger partial charge in [0, 0.05) is 44.7 Å². The highest BCUT2D eigenvalue weighted by atomic mass is 16.5. The Morgan fingerprint density at radius 3 is 1.85 bits per heavy atom. The van der Waals surface area contributed by atoms with Crippen molar-refractivity contribution < 1.29 is 13.6 Å². The van der Waals surface area contributed by atoms with E-state index in [1.54, 1.807) is 0 Å². The lowest BCUT2D eigenvalue weighted by atomic mass is 9.66. The molecule has 3 heterocycles. The Morgan fingerprint density at radius 2 is 1.02 bits per heavy atom. The van der Waals surface area contributed by atoms with E-state index in [4.69, 9.17) is 13.6 Å². The molecule has 0 saturated heterocycles. The van der Waals surface area contributed by atoms with Gasteiger partial charge in [0.1, 0.15) is 33.8 Å². The lowest BCUT2D eigenvalue weighted by molar-refractivity contribution is 0.436. The van der Waals surface area contributed by atoms with Crippen LogP contribution in [0.2, 0.25) is 0 Å². The van der Waals surface area contributed by atoms with E-state index in [0.717, 1.165) is 83.6 Å². The number of para-hydroxylation sites is 4. The average Bonchev–Trinajstić information content (AvgIpc) is 3.86. The van der Waals surface area contributed by atoms with Gasteiger partial charge in [-0.2, -0.15) is 0 Å². The van der Waals surface area contributed by atoms with Crippen LogP contribution < -0.4 is 9.64 Å². The summed E-state index contributed by atoms with van der Waals surface area (Å²) in [5.74, 6) is 1.76. The van der Waals surface area contributed by atoms with Gasteiger partial charge in [-0.15, -0.1) is 0 Å². The highest BCUT2D eigenvalue weighted by Crippen LogP contribution is 2.63. The molecule has 8 aromatic carbocycles. The normalized spacial score (nSPS) is 13.6. The highest BCUT2D eigenvalue weighted by Gasteiger charge is 2.51. The van der Waals surface area contributed by atoms with Crippen LogP contribution in [0.1, 0.15) is 22.3 Å². The molecule has 248 valence electrons. The van der Waals surface area contributed by atoms with Gasteiger partial charge in [-0.3, -0.25) is 0 Å². The minimum atomic E-state index is -0.574. The van der Waals surface area contributed by atoms with Crippen LogP contribution in [-0.2, 0) is 5.41 Å². The molecule has 0 radical (unpaired) electrons. The number of ether oxygens (including phenoxy) is 1. The summed E-state index contributed by atoms with van der Waals surface area (Å²) < 4.78 is 19.8. The summed E-state index contributed by atoms with van der Waals surface area (Å²) in [6.45, 7) is 0. The molecular formula is C49H29NO3. The van der Waals surface area contributed by atoms with E-state index in [9.17, 15) is 0 Å². The zero-order valence-electron chi connectivity index (χ0n) is 28.4. The molecule has 1 aliphatic heterocycles. The lowest BCUT2D eigenvalue weighted by Crippen LogP contribution is -2.32. The molecule has 1 aliphatic carbocycles. The van der Waals surface area contributed by atoms with E-state index >= 15 is 0 Å². The number of hydrogen-bond donors (Lipinski definition) is 0. The Bertz CT molecular complexity index is 3070. The molecule has 2 aliphatic rings. The fourth-order valence-corrected chi connectivity index (χ4v) is 9.20. The number of anilines is 3. The number of fused-ring (bicyclic) bond motifs is 15. The molecule has 0 atom stereocenters. The van der Waals surface area contributed by atoms with Crippen molar-refractivity contribution in [3.05, 3.63) is 198 Å². The summed E-state index contributed by atoms with van der Waals surface area (Å²) in [7, 11) is 0. The van der Waals surface area contributed by atoms with E-state index in [0.29, 0.717) is 0 Å². The maximum absolute atomic E-state index is 6.81. The van der Waals surface area contributed by atoms with Crippen LogP contribution in [0.3, 0.4) is 0 Å². The second-order valence-corrected chi connectivity index (χ2v) is 14.0. The maximum Gasteiger partial charge on any atom is 0.137 e. The first kappa shape index (κ1) is 28.6. The summed E-state index contributed by atoms with van der Waals surface area (Å²) in [4.78, 5) is 2.32. The molecule has 0 N–H and O–H groups in total. The molecular weight excluding hydrogens is 651 g/mol. The van der Waals surface area contributed by atoms with Crippen LogP contribution in [-0.4, -0.2) is 0 Å². The van der Waals surface area contributed by atoms with Crippen LogP contribution in [0.25, 0.3) is 55.0 Å². The molecule has 0 fully saturated rings. The van der Waals surface area contributed by atoms with Gasteiger partial charge in [-0.05, 0) is 89.0 Å². The predicted molar refractivity (Wildman–Crippen MR) is 213 cm³/mol. The molecule has 12 rings (SSSR count). The highest BCUT2D eigenvalue weighted by molar-refractivity contribution is 6.15. The summed E-state index contributed by atoms with van der Waals surface area (Å²) >= 11 is 0. The van der Waals surface area contributed by atoms with Crippen molar-refractivity contribution in [2.45, 2.75) is 5.41 Å². The summed E-state index contributed by atoms with van der Waals surface area (Å²) in [6, 6.07) is 62.1. The van der Waals surface area contributed by atoms with Gasteiger partial charge < -0.3 is 18.5 Å². The van der Waals surface area contributed by atoms with E-state index in [1.807, 2.05) is 12.1 Å². The summed E-state index contributed by atoms with van der Waals surface area (Å²) in [5.41, 5.74) is 13.1. The molecule has 0 unspecified atom stereocenters. The molecule has 0 amide bonds. The zero-order chi connectivity index (χ0) is 34.7. The molecule has 0 saturated carbocycles. The van der Waals surface area contributed by atoms with Gasteiger partial charge in [-0.1, -0.05) is 103 Å². The summed E-state index contributed by atoms with van der Waals surface area (Å²) in [6.07, 6.45) is 0. The van der Waals surface area contributed by atoms with Crippen LogP contribution in [0.15, 0.2) is 185 Å². The van der Waals surface area contributed by atoms with E-state index < -0.39 is 5.41 Å². The van der Waals surface area contributed by atoms with Crippen LogP contribution in [0.4, 0.5) is 17.1 Å². The average molecular weight is 680 g/mol. The Balaban J connectivity index is 1.16. The van der Waals surface area contributed by atoms with Crippen molar-refractivity contribution in [2.24, 2.45) is 0 Å². The van der Waals surface area contributed by atoms with Crippen molar-refractivity contribution in [3.63, 3.8) is 0 Å². The first-order valence-electron chi connectivity index (χ1n) is 18.0. The van der Waals surface area contributed by atoms with Gasteiger partial charge in [0.2, 0.25) is 0 Å². The van der Waals surface area contributed by atoms with Gasteiger partial charge in [0.15, 0.2) is 0 Å². The van der Waals surface area contributed by atoms with E-state index in [1.165, 1.54) is 22.3 Å². The largest absolute Gasteiger partial charge is 0.457 e. The quantitative estimate of drug-likeness (QED) is 0.186. The molecule has 4 heteroatoms. The van der Waals surface area contributed by atoms with Crippen molar-refractivity contribution in [1.82, 2.24) is 0 Å². The molecule has 2 aromatic heterocycles. The third kappa shape index (κ3) is 3.79. The lowest BCUT2D eigenvalue weighted by Gasteiger charge is -2.39. The second kappa shape index (κ2) is 10.5. The standard InChI is InChI=1S/C49H29NO3/c1-2-13-30(14-3-1)50(31-25-26-34-33-16-5-9-21-42(33)51-46(34)27-31)41-20-12-24-45-48(41)36-28-40-35(29-47(36)53-45)32-15-4-6-17-37(32)49(40)38-18-7-10-22-43(38)52-44-23-11-8-19-39(44)49/h1-29H. The number of nitrogens with zero attached hydrogens (tertiary/aromatic N) is 1. The topological polar surface area (TPSA) is 38.8 Å². The molecule has 0 bridgehead atoms. The minimum absolute atomic E-state index is 0.574. The van der Waals surface area contributed by atoms with Gasteiger partial charge in [0.25, 0.3) is 0 Å². The fraction of sp³-hybridized carbons (Fsp3) is 0.0204. The number of hydrogen-bond acceptors (Lipinski definition) is 4. The van der Waals surface area contributed by atoms with Crippen LogP contribution >= 0.6 is 0 Å². The number of rotatable bonds is 3. The smallest absolute Gasteiger partial charge is 0.137 e. The number of furan rings is 2. The first-order chi connectivity index (χ1) is 26.3. The van der Waals surface area contributed by atoms with Crippen molar-refractivity contribution in [2.75, 3.05) is 4.90 Å². The zero-order valence-corrected chi connectivity index (χ0v) is 28.4. The Kier molecular flexibility index (Phi) is 5.67. The van der Waals surface area contributed by atoms with Crippen LogP contribution in [0.5, 0.6) is 11.5 Å². The third-order valence-electron chi connectivity index (χ3n) is 11.3. The Hall–Kier alpha value is -7.04. The molecule has 10 aromatic rings. The second-order valence-electron chi connectivity index (χ2n) is 14.0. The minimum Gasteiger partial charge on any atom is -0.457 e. The predicted octanol–water partition coefficient (Wildman–Crippen LogP) is 13.4. The first-order valence-corrected chi connectivity index (χ1v) is 18.0. The fourth-order valence-electron chi connectivity index (χ4n) is 9.20. The van der Waals surface area contributed by atoms with Gasteiger partial charge >= 0.3 is 0 Å². The van der Waals surface area contributed by atoms with E-state index in [2.05, 4.69) is 169 Å². The SMILES string of the molecule is c1ccc(N(c2ccc3c(c2)oc2ccccc23)c2cccc3oc4cc5c(cc4c23)C2(c3ccccc3Oc3ccccc32)c2ccccc2-5)cc1. The molecule has 1 spiro atoms. The van der Waals surface area contributed by atoms with Gasteiger partial charge in [-0.25, -0.2) is 0 Å². The van der Waals surface area contributed by atoms with Gasteiger partial charge in [0.05, 0.1) is 16.5 Å². The molecule has 4 nitrogen and oxygen atoms in total. The molecule has 53 heavy (non-hydrogen) atoms. The number of benzene rings is 8. The van der Waals surface area contributed by atoms with Crippen molar-refractivity contribution in [1.29, 1.82) is 0 Å². The Labute approximate surface area is 304 Å². The monoisotopic (exact) mass is 679 g/mol. The Morgan fingerprint density at radius 1 is 0.377 bits per heavy atom. The maximum atomic E-state index is 6.81.